The number of nitrogens with zero attached hydrogens (tertiary/aromatic N) is 3. The Balaban J connectivity index is 1.74. The third-order valence-electron chi connectivity index (χ3n) is 6.61. The van der Waals surface area contributed by atoms with E-state index in [1.54, 1.807) is 0 Å². The summed E-state index contributed by atoms with van der Waals surface area (Å²) in [6.07, 6.45) is 16.5. The molecule has 0 bridgehead atoms. The van der Waals surface area contributed by atoms with Crippen molar-refractivity contribution in [2.75, 3.05) is 7.05 Å². The topological polar surface area (TPSA) is 45.0 Å². The van der Waals surface area contributed by atoms with Crippen LogP contribution in [0, 0.1) is 18.3 Å². The largest absolute Gasteiger partial charge is 0.339 e. The van der Waals surface area contributed by atoms with Gasteiger partial charge in [0.15, 0.2) is 5.66 Å². The highest BCUT2D eigenvalue weighted by Crippen LogP contribution is 2.39. The number of benzene rings is 1. The van der Waals surface area contributed by atoms with E-state index >= 15 is 0 Å². The molecule has 0 N–H and O–H groups in total. The molecule has 2 unspecified atom stereocenters. The molecule has 174 valence electrons. The zero-order valence-electron chi connectivity index (χ0n) is 19.4. The second-order valence-electron chi connectivity index (χ2n) is 8.75. The van der Waals surface area contributed by atoms with Crippen LogP contribution in [0.3, 0.4) is 0 Å². The molecule has 2 atom stereocenters. The molecule has 2 aliphatic rings. The van der Waals surface area contributed by atoms with Gasteiger partial charge in [-0.1, -0.05) is 54.1 Å². The smallest absolute Gasteiger partial charge is 0.222 e. The van der Waals surface area contributed by atoms with Gasteiger partial charge in [-0.25, -0.2) is 0 Å². The van der Waals surface area contributed by atoms with Gasteiger partial charge in [0.2, 0.25) is 5.91 Å². The van der Waals surface area contributed by atoms with E-state index in [2.05, 4.69) is 34.9 Å². The van der Waals surface area contributed by atoms with Gasteiger partial charge in [0.05, 0.1) is 16.1 Å². The van der Waals surface area contributed by atoms with Crippen molar-refractivity contribution < 1.29 is 4.79 Å². The van der Waals surface area contributed by atoms with Crippen molar-refractivity contribution in [1.82, 2.24) is 4.90 Å². The predicted octanol–water partition coefficient (Wildman–Crippen LogP) is 7.19. The lowest BCUT2D eigenvalue weighted by atomic mass is 9.76. The van der Waals surface area contributed by atoms with Crippen LogP contribution in [0.25, 0.3) is 0 Å². The van der Waals surface area contributed by atoms with Crippen LogP contribution in [0.2, 0.25) is 10.0 Å². The Morgan fingerprint density at radius 3 is 2.64 bits per heavy atom. The zero-order valence-corrected chi connectivity index (χ0v) is 20.9. The molecule has 1 heterocycles. The molecule has 1 aromatic carbocycles. The van der Waals surface area contributed by atoms with Gasteiger partial charge in [-0.15, -0.1) is 12.3 Å². The molecule has 0 fully saturated rings. The first-order chi connectivity index (χ1) is 15.8. The van der Waals surface area contributed by atoms with E-state index in [4.69, 9.17) is 29.6 Å². The van der Waals surface area contributed by atoms with E-state index in [1.807, 2.05) is 43.1 Å². The van der Waals surface area contributed by atoms with Gasteiger partial charge in [0, 0.05) is 32.7 Å². The highest BCUT2D eigenvalue weighted by Gasteiger charge is 2.40. The summed E-state index contributed by atoms with van der Waals surface area (Å²) in [5.74, 6) is 3.05. The van der Waals surface area contributed by atoms with E-state index in [9.17, 15) is 4.79 Å². The van der Waals surface area contributed by atoms with Crippen LogP contribution in [0.15, 0.2) is 64.4 Å². The van der Waals surface area contributed by atoms with E-state index in [0.717, 1.165) is 30.4 Å². The van der Waals surface area contributed by atoms with Crippen molar-refractivity contribution in [2.45, 2.75) is 63.6 Å². The summed E-state index contributed by atoms with van der Waals surface area (Å²) >= 11 is 12.3. The van der Waals surface area contributed by atoms with Crippen molar-refractivity contribution >= 4 is 29.1 Å². The number of likely N-dealkylation sites (N-methyl/N-ethyl adjacent to an activating group) is 1. The van der Waals surface area contributed by atoms with Gasteiger partial charge in [-0.3, -0.25) is 4.79 Å². The quantitative estimate of drug-likeness (QED) is 0.324. The molecule has 0 aromatic heterocycles. The van der Waals surface area contributed by atoms with Crippen LogP contribution in [-0.4, -0.2) is 29.6 Å². The molecular formula is C27H31Cl2N3O. The summed E-state index contributed by atoms with van der Waals surface area (Å²) < 4.78 is 0. The molecule has 1 aliphatic carbocycles. The van der Waals surface area contributed by atoms with E-state index in [1.165, 1.54) is 5.57 Å². The highest BCUT2D eigenvalue weighted by atomic mass is 35.5. The molecule has 1 aliphatic heterocycles. The van der Waals surface area contributed by atoms with Crippen molar-refractivity contribution in [3.05, 3.63) is 69.8 Å². The number of terminal acetylenes is 1. The van der Waals surface area contributed by atoms with Crippen LogP contribution >= 0.6 is 23.2 Å². The standard InChI is InChI=1S/C27H31Cl2N3O/c1-5-8-15-27(30-31-27)16-14-26(33)32(4)25-13-11-20(22(9-6-2)21(25)7-3)17-19-10-12-23(28)24(29)18-19/h1,6-7,9-10,12,18,20,25H,3,8,11,13-17H2,2,4H3/b9-6-. The van der Waals surface area contributed by atoms with Gasteiger partial charge >= 0.3 is 0 Å². The summed E-state index contributed by atoms with van der Waals surface area (Å²) in [5.41, 5.74) is 3.06. The summed E-state index contributed by atoms with van der Waals surface area (Å²) in [5, 5.41) is 9.44. The Hall–Kier alpha value is -2.35. The maximum absolute atomic E-state index is 13.1. The lowest BCUT2D eigenvalue weighted by molar-refractivity contribution is -0.131. The van der Waals surface area contributed by atoms with Crippen LogP contribution in [0.4, 0.5) is 0 Å². The molecule has 33 heavy (non-hydrogen) atoms. The Bertz CT molecular complexity index is 1030. The fourth-order valence-corrected chi connectivity index (χ4v) is 4.98. The third-order valence-corrected chi connectivity index (χ3v) is 7.34. The Labute approximate surface area is 207 Å². The number of allylic oxidation sites excluding steroid dienone is 3. The number of rotatable bonds is 10. The monoisotopic (exact) mass is 483 g/mol. The SMILES string of the molecule is C#CCCC1(CCC(=O)N(C)C2CCC(Cc3ccc(Cl)c(Cl)c3)C(/C=C\C)=C2C=C)N=N1. The first-order valence-electron chi connectivity index (χ1n) is 11.4. The minimum absolute atomic E-state index is 0.000921. The number of carbonyl (C=O) groups is 1. The molecule has 3 rings (SSSR count). The first-order valence-corrected chi connectivity index (χ1v) is 12.2. The van der Waals surface area contributed by atoms with Gasteiger partial charge in [-0.2, -0.15) is 10.2 Å². The van der Waals surface area contributed by atoms with Crippen LogP contribution < -0.4 is 0 Å². The predicted molar refractivity (Wildman–Crippen MR) is 136 cm³/mol. The molecule has 0 saturated carbocycles. The average Bonchev–Trinajstić information content (AvgIpc) is 3.59. The molecule has 1 amide bonds. The molecular weight excluding hydrogens is 453 g/mol. The van der Waals surface area contributed by atoms with Crippen molar-refractivity contribution in [2.24, 2.45) is 16.1 Å². The van der Waals surface area contributed by atoms with E-state index in [-0.39, 0.29) is 11.9 Å². The fraction of sp³-hybridized carbons (Fsp3) is 0.444. The van der Waals surface area contributed by atoms with Gasteiger partial charge in [-0.05, 0) is 60.9 Å². The summed E-state index contributed by atoms with van der Waals surface area (Å²) in [4.78, 5) is 14.9. The van der Waals surface area contributed by atoms with Crippen LogP contribution in [0.1, 0.15) is 51.0 Å². The van der Waals surface area contributed by atoms with Crippen LogP contribution in [-0.2, 0) is 11.2 Å². The zero-order chi connectivity index (χ0) is 24.0. The van der Waals surface area contributed by atoms with E-state index in [0.29, 0.717) is 41.6 Å². The Morgan fingerprint density at radius 2 is 2.03 bits per heavy atom. The number of carbonyl (C=O) groups excluding carboxylic acids is 1. The van der Waals surface area contributed by atoms with Gasteiger partial charge < -0.3 is 4.90 Å². The maximum atomic E-state index is 13.1. The minimum atomic E-state index is -0.437. The average molecular weight is 484 g/mol. The minimum Gasteiger partial charge on any atom is -0.339 e. The molecule has 0 radical (unpaired) electrons. The molecule has 0 saturated heterocycles. The number of hydrogen-bond acceptors (Lipinski definition) is 3. The lowest BCUT2D eigenvalue weighted by Gasteiger charge is -2.37. The fourth-order valence-electron chi connectivity index (χ4n) is 4.65. The first kappa shape index (κ1) is 25.3. The summed E-state index contributed by atoms with van der Waals surface area (Å²) in [6, 6.07) is 5.82. The number of hydrogen-bond donors (Lipinski definition) is 0. The normalized spacial score (nSPS) is 21.2. The summed E-state index contributed by atoms with van der Waals surface area (Å²) in [7, 11) is 1.89. The van der Waals surface area contributed by atoms with Crippen LogP contribution in [0.5, 0.6) is 0 Å². The third kappa shape index (κ3) is 6.16. The molecule has 6 heteroatoms. The second kappa shape index (κ2) is 11.2. The summed E-state index contributed by atoms with van der Waals surface area (Å²) in [6.45, 7) is 6.10. The van der Waals surface area contributed by atoms with E-state index < -0.39 is 5.66 Å². The molecule has 4 nitrogen and oxygen atoms in total. The molecule has 1 aromatic rings. The van der Waals surface area contributed by atoms with Crippen molar-refractivity contribution in [3.63, 3.8) is 0 Å². The molecule has 0 spiro atoms. The maximum Gasteiger partial charge on any atom is 0.222 e. The van der Waals surface area contributed by atoms with Gasteiger partial charge in [0.1, 0.15) is 0 Å². The Kier molecular flexibility index (Phi) is 8.57. The number of halogens is 2. The lowest BCUT2D eigenvalue weighted by Crippen LogP contribution is -2.41. The van der Waals surface area contributed by atoms with Gasteiger partial charge in [0.25, 0.3) is 0 Å². The second-order valence-corrected chi connectivity index (χ2v) is 9.56. The highest BCUT2D eigenvalue weighted by molar-refractivity contribution is 6.42. The van der Waals surface area contributed by atoms with Crippen molar-refractivity contribution in [3.8, 4) is 12.3 Å². The Morgan fingerprint density at radius 1 is 1.27 bits per heavy atom. The number of amides is 1. The van der Waals surface area contributed by atoms with Crippen molar-refractivity contribution in [1.29, 1.82) is 0 Å².